The molecule has 2 radical (unpaired) electrons. The maximum atomic E-state index is 4.93. The fourth-order valence-electron chi connectivity index (χ4n) is 10.9. The van der Waals surface area contributed by atoms with Crippen LogP contribution in [0.3, 0.4) is 0 Å². The maximum absolute atomic E-state index is 4.93. The minimum absolute atomic E-state index is 0.795. The van der Waals surface area contributed by atoms with Gasteiger partial charge >= 0.3 is 37.9 Å². The van der Waals surface area contributed by atoms with Gasteiger partial charge in [-0.05, 0) is 68.5 Å². The van der Waals surface area contributed by atoms with Crippen molar-refractivity contribution < 1.29 is 20.8 Å². The van der Waals surface area contributed by atoms with Crippen LogP contribution in [0.1, 0.15) is 50.7 Å². The van der Waals surface area contributed by atoms with E-state index in [1.165, 1.54) is 147 Å². The molecule has 0 aromatic heterocycles. The Morgan fingerprint density at radius 2 is 0.744 bits per heavy atom. The first-order chi connectivity index (χ1) is 38.6. The summed E-state index contributed by atoms with van der Waals surface area (Å²) >= 11 is -0.826. The third-order valence-corrected chi connectivity index (χ3v) is 16.0. The van der Waals surface area contributed by atoms with Crippen LogP contribution in [-0.4, -0.2) is 9.52 Å². The van der Waals surface area contributed by atoms with Crippen LogP contribution in [0.25, 0.3) is 99.4 Å². The fourth-order valence-corrected chi connectivity index (χ4v) is 12.2. The molecule has 12 aromatic carbocycles. The topological polar surface area (TPSA) is 0 Å². The van der Waals surface area contributed by atoms with E-state index in [0.29, 0.717) is 0 Å². The number of hydrogen-bond acceptors (Lipinski definition) is 0. The first kappa shape index (κ1) is 54.5. The van der Waals surface area contributed by atoms with Crippen LogP contribution in [0.15, 0.2) is 261 Å². The second-order valence-corrected chi connectivity index (χ2v) is 24.7. The molecular weight excluding hydrogens is 1080 g/mol. The number of benzene rings is 10. The number of halogens is 2. The zero-order valence-corrected chi connectivity index (χ0v) is 49.3. The SMILES string of the molecule is CCCCc1cc2c(-c3ccccc3-c3ccccc3)c(-c3ccccc3)ccc2[cH-]1.CCCCc1cc2c(-c3ccccc3-c3ccccc3)c(-c3ccccc3)ccc2[cH-]1.[Cl][Zr][Cl].[c-]1cccc2c1[Si]c1ccccc1-2. The third-order valence-electron chi connectivity index (χ3n) is 14.6. The van der Waals surface area contributed by atoms with Crippen LogP contribution in [0.2, 0.25) is 0 Å². The molecule has 0 saturated heterocycles. The molecular formula is C74H61Cl2SiZr-3. The summed E-state index contributed by atoms with van der Waals surface area (Å²) in [7, 11) is 10.7. The Kier molecular flexibility index (Phi) is 18.9. The molecule has 0 nitrogen and oxygen atoms in total. The number of hydrogen-bond donors (Lipinski definition) is 0. The number of rotatable bonds is 12. The molecule has 382 valence electrons. The van der Waals surface area contributed by atoms with Gasteiger partial charge < -0.3 is 0 Å². The summed E-state index contributed by atoms with van der Waals surface area (Å²) in [6, 6.07) is 97.7. The molecule has 0 N–H and O–H groups in total. The quantitative estimate of drug-likeness (QED) is 0.0845. The van der Waals surface area contributed by atoms with E-state index in [1.54, 1.807) is 0 Å². The molecule has 0 aliphatic carbocycles. The summed E-state index contributed by atoms with van der Waals surface area (Å²) in [4.78, 5) is 0. The molecule has 0 atom stereocenters. The number of unbranched alkanes of at least 4 members (excludes halogenated alkanes) is 2. The Labute approximate surface area is 483 Å². The van der Waals surface area contributed by atoms with Gasteiger partial charge in [0.05, 0.1) is 9.52 Å². The minimum atomic E-state index is -0.826. The minimum Gasteiger partial charge on any atom is -0.184 e. The second kappa shape index (κ2) is 27.1. The van der Waals surface area contributed by atoms with Crippen molar-refractivity contribution in [3.8, 4) is 77.9 Å². The van der Waals surface area contributed by atoms with Crippen LogP contribution in [-0.2, 0) is 33.7 Å². The molecule has 0 saturated carbocycles. The summed E-state index contributed by atoms with van der Waals surface area (Å²) < 4.78 is 0. The largest absolute Gasteiger partial charge is 0.184 e. The maximum Gasteiger partial charge on any atom is 0.0920 e. The molecule has 0 amide bonds. The van der Waals surface area contributed by atoms with Gasteiger partial charge in [0.25, 0.3) is 0 Å². The Morgan fingerprint density at radius 1 is 0.385 bits per heavy atom. The standard InChI is InChI=1S/2C31H27.C12H7Si.2ClH.Zr/c2*1-2-3-12-23-21-26-19-20-28(25-15-8-5-9-16-25)31(30(26)22-23)29-18-11-10-17-27(29)24-13-6-4-7-14-24;1-3-7-11-9(5-1)10-6-2-4-8-12(10)13-11;;;/h2*4-11,13-22H,2-3,12H2,1H3;1-7H;2*1H;/q3*-1;;;+2/p-2. The molecule has 78 heavy (non-hydrogen) atoms. The van der Waals surface area contributed by atoms with Crippen molar-refractivity contribution in [3.63, 3.8) is 0 Å². The second-order valence-electron chi connectivity index (χ2n) is 19.7. The van der Waals surface area contributed by atoms with Gasteiger partial charge in [0.2, 0.25) is 0 Å². The molecule has 1 aliphatic heterocycles. The van der Waals surface area contributed by atoms with Crippen molar-refractivity contribution in [2.45, 2.75) is 52.4 Å². The van der Waals surface area contributed by atoms with Crippen molar-refractivity contribution in [3.05, 3.63) is 278 Å². The van der Waals surface area contributed by atoms with Gasteiger partial charge in [-0.25, -0.2) is 0 Å². The normalized spacial score (nSPS) is 11.1. The monoisotopic (exact) mass is 1140 g/mol. The van der Waals surface area contributed by atoms with E-state index >= 15 is 0 Å². The van der Waals surface area contributed by atoms with Crippen molar-refractivity contribution in [1.29, 1.82) is 0 Å². The third kappa shape index (κ3) is 12.7. The molecule has 0 fully saturated rings. The smallest absolute Gasteiger partial charge is 0.0920 e. The average molecular weight is 1140 g/mol. The molecule has 0 unspecified atom stereocenters. The molecule has 1 aliphatic rings. The van der Waals surface area contributed by atoms with Crippen molar-refractivity contribution in [2.24, 2.45) is 0 Å². The van der Waals surface area contributed by atoms with E-state index in [-0.39, 0.29) is 0 Å². The first-order valence-corrected chi connectivity index (χ1v) is 34.6. The van der Waals surface area contributed by atoms with Crippen molar-refractivity contribution in [2.75, 3.05) is 0 Å². The Hall–Kier alpha value is -6.90. The zero-order valence-electron chi connectivity index (χ0n) is 44.3. The Bertz CT molecular complexity index is 3590. The van der Waals surface area contributed by atoms with Gasteiger partial charge in [-0.2, -0.15) is 41.6 Å². The molecule has 12 aromatic rings. The van der Waals surface area contributed by atoms with Crippen LogP contribution in [0.4, 0.5) is 0 Å². The van der Waals surface area contributed by atoms with E-state index in [0.717, 1.165) is 22.4 Å². The number of aryl methyl sites for hydroxylation is 2. The summed E-state index contributed by atoms with van der Waals surface area (Å²) in [5.74, 6) is 0. The predicted octanol–water partition coefficient (Wildman–Crippen LogP) is 20.3. The van der Waals surface area contributed by atoms with Gasteiger partial charge in [-0.15, -0.1) is 62.5 Å². The fraction of sp³-hybridized carbons (Fsp3) is 0.108. The van der Waals surface area contributed by atoms with E-state index in [1.807, 2.05) is 6.07 Å². The summed E-state index contributed by atoms with van der Waals surface area (Å²) in [5.41, 5.74) is 21.1. The van der Waals surface area contributed by atoms with Gasteiger partial charge in [-0.1, -0.05) is 268 Å². The van der Waals surface area contributed by atoms with E-state index in [2.05, 4.69) is 275 Å². The Morgan fingerprint density at radius 3 is 1.17 bits per heavy atom. The summed E-state index contributed by atoms with van der Waals surface area (Å²) in [6.45, 7) is 4.52. The van der Waals surface area contributed by atoms with Crippen molar-refractivity contribution >= 4 is 58.5 Å². The summed E-state index contributed by atoms with van der Waals surface area (Å²) in [5, 5.41) is 8.21. The zero-order chi connectivity index (χ0) is 53.5. The van der Waals surface area contributed by atoms with Gasteiger partial charge in [0, 0.05) is 0 Å². The molecule has 13 rings (SSSR count). The van der Waals surface area contributed by atoms with E-state index < -0.39 is 20.8 Å². The molecule has 1 heterocycles. The van der Waals surface area contributed by atoms with Crippen LogP contribution in [0, 0.1) is 6.07 Å². The van der Waals surface area contributed by atoms with Gasteiger partial charge in [0.15, 0.2) is 0 Å². The Balaban J connectivity index is 0.000000138. The van der Waals surface area contributed by atoms with Gasteiger partial charge in [-0.3, -0.25) is 0 Å². The van der Waals surface area contributed by atoms with Crippen LogP contribution in [0.5, 0.6) is 0 Å². The van der Waals surface area contributed by atoms with Crippen LogP contribution < -0.4 is 10.4 Å². The average Bonchev–Trinajstić information content (AvgIpc) is 4.38. The molecule has 0 spiro atoms. The molecule has 4 heteroatoms. The van der Waals surface area contributed by atoms with E-state index in [4.69, 9.17) is 17.0 Å². The predicted molar refractivity (Wildman–Crippen MR) is 336 cm³/mol. The summed E-state index contributed by atoms with van der Waals surface area (Å²) in [6.07, 6.45) is 7.20. The van der Waals surface area contributed by atoms with E-state index in [9.17, 15) is 0 Å². The van der Waals surface area contributed by atoms with Crippen molar-refractivity contribution in [1.82, 2.24) is 0 Å². The molecule has 0 bridgehead atoms. The van der Waals surface area contributed by atoms with Crippen LogP contribution >= 0.6 is 17.0 Å². The van der Waals surface area contributed by atoms with Gasteiger partial charge in [0.1, 0.15) is 0 Å². The first-order valence-electron chi connectivity index (χ1n) is 27.2. The number of fused-ring (bicyclic) bond motifs is 5.